The third kappa shape index (κ3) is 2.49. The molecule has 2 nitrogen and oxygen atoms in total. The highest BCUT2D eigenvalue weighted by molar-refractivity contribution is 5.43. The van der Waals surface area contributed by atoms with Crippen molar-refractivity contribution in [3.05, 3.63) is 58.7 Å². The number of hydrogen-bond donors (Lipinski definition) is 1. The van der Waals surface area contributed by atoms with Crippen LogP contribution in [0.15, 0.2) is 36.4 Å². The van der Waals surface area contributed by atoms with E-state index in [1.165, 1.54) is 36.0 Å². The second kappa shape index (κ2) is 5.06. The Kier molecular flexibility index (Phi) is 3.26. The standard InChI is InChI=1S/C17H19NO/c1-12-5-8-17(15(9-12)11-18)19-16-7-6-13-3-2-4-14(13)10-16/h5-10H,2-4,11,18H2,1H3. The summed E-state index contributed by atoms with van der Waals surface area (Å²) in [5.41, 5.74) is 10.9. The number of benzene rings is 2. The number of rotatable bonds is 3. The second-order valence-electron chi connectivity index (χ2n) is 5.20. The minimum Gasteiger partial charge on any atom is -0.457 e. The Morgan fingerprint density at radius 3 is 2.74 bits per heavy atom. The van der Waals surface area contributed by atoms with Crippen LogP contribution < -0.4 is 10.5 Å². The Morgan fingerprint density at radius 2 is 1.89 bits per heavy atom. The third-order valence-electron chi connectivity index (χ3n) is 3.73. The average molecular weight is 253 g/mol. The molecule has 0 radical (unpaired) electrons. The fraction of sp³-hybridized carbons (Fsp3) is 0.294. The largest absolute Gasteiger partial charge is 0.457 e. The van der Waals surface area contributed by atoms with Gasteiger partial charge in [-0.3, -0.25) is 0 Å². The number of fused-ring (bicyclic) bond motifs is 1. The molecule has 19 heavy (non-hydrogen) atoms. The smallest absolute Gasteiger partial charge is 0.131 e. The fourth-order valence-corrected chi connectivity index (χ4v) is 2.71. The molecule has 0 saturated carbocycles. The molecule has 3 rings (SSSR count). The van der Waals surface area contributed by atoms with Gasteiger partial charge in [0.25, 0.3) is 0 Å². The molecule has 0 aromatic heterocycles. The monoisotopic (exact) mass is 253 g/mol. The van der Waals surface area contributed by atoms with Crippen LogP contribution in [0.25, 0.3) is 0 Å². The molecule has 0 atom stereocenters. The van der Waals surface area contributed by atoms with E-state index in [1.807, 2.05) is 6.07 Å². The van der Waals surface area contributed by atoms with Crippen molar-refractivity contribution < 1.29 is 4.74 Å². The number of ether oxygens (including phenoxy) is 1. The SMILES string of the molecule is Cc1ccc(Oc2ccc3c(c2)CCC3)c(CN)c1. The molecule has 0 spiro atoms. The summed E-state index contributed by atoms with van der Waals surface area (Å²) >= 11 is 0. The highest BCUT2D eigenvalue weighted by Crippen LogP contribution is 2.30. The van der Waals surface area contributed by atoms with E-state index in [9.17, 15) is 0 Å². The number of aryl methyl sites for hydroxylation is 3. The predicted molar refractivity (Wildman–Crippen MR) is 77.6 cm³/mol. The summed E-state index contributed by atoms with van der Waals surface area (Å²) in [5, 5.41) is 0. The van der Waals surface area contributed by atoms with Crippen molar-refractivity contribution in [3.63, 3.8) is 0 Å². The van der Waals surface area contributed by atoms with Gasteiger partial charge in [0, 0.05) is 12.1 Å². The van der Waals surface area contributed by atoms with E-state index in [1.54, 1.807) is 0 Å². The van der Waals surface area contributed by atoms with Gasteiger partial charge in [0.15, 0.2) is 0 Å². The molecule has 2 heteroatoms. The number of hydrogen-bond acceptors (Lipinski definition) is 2. The van der Waals surface area contributed by atoms with E-state index in [-0.39, 0.29) is 0 Å². The van der Waals surface area contributed by atoms with Gasteiger partial charge in [0.05, 0.1) is 0 Å². The van der Waals surface area contributed by atoms with E-state index >= 15 is 0 Å². The maximum atomic E-state index is 6.00. The van der Waals surface area contributed by atoms with E-state index in [0.29, 0.717) is 6.54 Å². The van der Waals surface area contributed by atoms with Crippen molar-refractivity contribution in [2.24, 2.45) is 5.73 Å². The van der Waals surface area contributed by atoms with E-state index in [4.69, 9.17) is 10.5 Å². The lowest BCUT2D eigenvalue weighted by atomic mass is 10.1. The van der Waals surface area contributed by atoms with Gasteiger partial charge in [-0.1, -0.05) is 23.8 Å². The van der Waals surface area contributed by atoms with E-state index in [2.05, 4.69) is 37.3 Å². The van der Waals surface area contributed by atoms with Gasteiger partial charge in [0.1, 0.15) is 11.5 Å². The minimum atomic E-state index is 0.502. The Hall–Kier alpha value is -1.80. The van der Waals surface area contributed by atoms with Crippen LogP contribution >= 0.6 is 0 Å². The van der Waals surface area contributed by atoms with Crippen molar-refractivity contribution in [3.8, 4) is 11.5 Å². The lowest BCUT2D eigenvalue weighted by Crippen LogP contribution is -2.00. The summed E-state index contributed by atoms with van der Waals surface area (Å²) in [5.74, 6) is 1.78. The van der Waals surface area contributed by atoms with Gasteiger partial charge in [-0.15, -0.1) is 0 Å². The Morgan fingerprint density at radius 1 is 1.05 bits per heavy atom. The number of nitrogens with two attached hydrogens (primary N) is 1. The van der Waals surface area contributed by atoms with Crippen molar-refractivity contribution in [1.82, 2.24) is 0 Å². The second-order valence-corrected chi connectivity index (χ2v) is 5.20. The summed E-state index contributed by atoms with van der Waals surface area (Å²) in [6, 6.07) is 12.6. The van der Waals surface area contributed by atoms with E-state index < -0.39 is 0 Å². The summed E-state index contributed by atoms with van der Waals surface area (Å²) in [6.07, 6.45) is 3.63. The fourth-order valence-electron chi connectivity index (χ4n) is 2.71. The molecule has 0 aliphatic heterocycles. The van der Waals surface area contributed by atoms with Crippen LogP contribution in [0.4, 0.5) is 0 Å². The zero-order chi connectivity index (χ0) is 13.2. The zero-order valence-corrected chi connectivity index (χ0v) is 11.3. The lowest BCUT2D eigenvalue weighted by molar-refractivity contribution is 0.475. The molecule has 0 bridgehead atoms. The molecule has 1 aliphatic rings. The Balaban J connectivity index is 1.89. The first-order chi connectivity index (χ1) is 9.26. The average Bonchev–Trinajstić information content (AvgIpc) is 2.88. The van der Waals surface area contributed by atoms with Gasteiger partial charge in [-0.05, 0) is 55.5 Å². The van der Waals surface area contributed by atoms with Gasteiger partial charge in [-0.25, -0.2) is 0 Å². The molecule has 0 saturated heterocycles. The van der Waals surface area contributed by atoms with Crippen molar-refractivity contribution in [1.29, 1.82) is 0 Å². The molecule has 2 N–H and O–H groups in total. The lowest BCUT2D eigenvalue weighted by Gasteiger charge is -2.12. The summed E-state index contributed by atoms with van der Waals surface area (Å²) in [6.45, 7) is 2.57. The van der Waals surface area contributed by atoms with Crippen molar-refractivity contribution in [2.75, 3.05) is 0 Å². The maximum Gasteiger partial charge on any atom is 0.131 e. The van der Waals surface area contributed by atoms with Crippen LogP contribution in [0, 0.1) is 6.92 Å². The van der Waals surface area contributed by atoms with Crippen LogP contribution in [0.1, 0.15) is 28.7 Å². The van der Waals surface area contributed by atoms with Crippen molar-refractivity contribution in [2.45, 2.75) is 32.7 Å². The van der Waals surface area contributed by atoms with Crippen LogP contribution in [0.2, 0.25) is 0 Å². The first-order valence-electron chi connectivity index (χ1n) is 6.85. The summed E-state index contributed by atoms with van der Waals surface area (Å²) in [4.78, 5) is 0. The van der Waals surface area contributed by atoms with Crippen LogP contribution in [0.3, 0.4) is 0 Å². The molecule has 0 heterocycles. The summed E-state index contributed by atoms with van der Waals surface area (Å²) < 4.78 is 6.00. The molecule has 2 aromatic carbocycles. The third-order valence-corrected chi connectivity index (χ3v) is 3.73. The van der Waals surface area contributed by atoms with Gasteiger partial charge < -0.3 is 10.5 Å². The maximum absolute atomic E-state index is 6.00. The molecular formula is C17H19NO. The molecule has 0 unspecified atom stereocenters. The molecule has 0 fully saturated rings. The van der Waals surface area contributed by atoms with Crippen molar-refractivity contribution >= 4 is 0 Å². The quantitative estimate of drug-likeness (QED) is 0.904. The van der Waals surface area contributed by atoms with Gasteiger partial charge in [0.2, 0.25) is 0 Å². The summed E-state index contributed by atoms with van der Waals surface area (Å²) in [7, 11) is 0. The Labute approximate surface area is 114 Å². The zero-order valence-electron chi connectivity index (χ0n) is 11.3. The first-order valence-corrected chi connectivity index (χ1v) is 6.85. The van der Waals surface area contributed by atoms with Crippen LogP contribution in [-0.4, -0.2) is 0 Å². The van der Waals surface area contributed by atoms with E-state index in [0.717, 1.165) is 17.1 Å². The molecule has 1 aliphatic carbocycles. The molecule has 2 aromatic rings. The highest BCUT2D eigenvalue weighted by atomic mass is 16.5. The minimum absolute atomic E-state index is 0.502. The topological polar surface area (TPSA) is 35.2 Å². The molecule has 98 valence electrons. The Bertz CT molecular complexity index is 604. The van der Waals surface area contributed by atoms with Gasteiger partial charge >= 0.3 is 0 Å². The molecular weight excluding hydrogens is 234 g/mol. The predicted octanol–water partition coefficient (Wildman–Crippen LogP) is 3.73. The van der Waals surface area contributed by atoms with Gasteiger partial charge in [-0.2, -0.15) is 0 Å². The molecule has 0 amide bonds. The van der Waals surface area contributed by atoms with Crippen LogP contribution in [0.5, 0.6) is 11.5 Å². The highest BCUT2D eigenvalue weighted by Gasteiger charge is 2.12. The van der Waals surface area contributed by atoms with Crippen LogP contribution in [-0.2, 0) is 19.4 Å². The first kappa shape index (κ1) is 12.2. The normalized spacial score (nSPS) is 13.4.